The summed E-state index contributed by atoms with van der Waals surface area (Å²) in [5.41, 5.74) is -1.49. The Labute approximate surface area is 175 Å². The van der Waals surface area contributed by atoms with Gasteiger partial charge in [0.15, 0.2) is 5.60 Å². The first-order valence-corrected chi connectivity index (χ1v) is 9.41. The number of nitro benzene ring substituents is 1. The summed E-state index contributed by atoms with van der Waals surface area (Å²) in [7, 11) is 0. The molecule has 3 heterocycles. The maximum Gasteiger partial charge on any atom is 0.305 e. The number of anilines is 1. The fourth-order valence-electron chi connectivity index (χ4n) is 4.40. The Bertz CT molecular complexity index is 1050. The van der Waals surface area contributed by atoms with E-state index in [-0.39, 0.29) is 11.4 Å². The number of carbonyl (C=O) groups excluding carboxylic acids is 4. The van der Waals surface area contributed by atoms with Gasteiger partial charge in [-0.1, -0.05) is 12.1 Å². The van der Waals surface area contributed by atoms with Crippen LogP contribution >= 0.6 is 0 Å². The normalized spacial score (nSPS) is 28.3. The number of hydrogen-bond donors (Lipinski definition) is 0. The van der Waals surface area contributed by atoms with E-state index in [4.69, 9.17) is 14.2 Å². The lowest BCUT2D eigenvalue weighted by Crippen LogP contribution is -2.52. The van der Waals surface area contributed by atoms with Gasteiger partial charge in [-0.15, -0.1) is 0 Å². The molecule has 162 valence electrons. The maximum absolute atomic E-state index is 13.4. The van der Waals surface area contributed by atoms with Crippen LogP contribution in [0.1, 0.15) is 19.4 Å². The van der Waals surface area contributed by atoms with Crippen molar-refractivity contribution in [2.45, 2.75) is 38.8 Å². The van der Waals surface area contributed by atoms with Crippen molar-refractivity contribution in [3.05, 3.63) is 46.0 Å². The number of ether oxygens (including phenoxy) is 3. The molecule has 2 saturated heterocycles. The molecule has 0 aromatic heterocycles. The summed E-state index contributed by atoms with van der Waals surface area (Å²) in [6.45, 7) is 3.75. The third-order valence-electron chi connectivity index (χ3n) is 5.64. The summed E-state index contributed by atoms with van der Waals surface area (Å²) < 4.78 is 16.1. The van der Waals surface area contributed by atoms with Crippen molar-refractivity contribution < 1.29 is 38.3 Å². The van der Waals surface area contributed by atoms with E-state index >= 15 is 0 Å². The van der Waals surface area contributed by atoms with E-state index in [0.29, 0.717) is 5.56 Å². The van der Waals surface area contributed by atoms with Gasteiger partial charge in [-0.25, -0.2) is 4.90 Å². The molecular formula is C20H18N2O9. The average molecular weight is 430 g/mol. The summed E-state index contributed by atoms with van der Waals surface area (Å²) in [6, 6.07) is 4.05. The van der Waals surface area contributed by atoms with Crippen molar-refractivity contribution in [2.75, 3.05) is 4.90 Å². The van der Waals surface area contributed by atoms with Gasteiger partial charge in [-0.3, -0.25) is 29.3 Å². The number of rotatable bonds is 5. The number of aryl methyl sites for hydroxylation is 1. The Kier molecular flexibility index (Phi) is 4.65. The van der Waals surface area contributed by atoms with Crippen LogP contribution in [0, 0.1) is 28.9 Å². The first kappa shape index (κ1) is 20.7. The van der Waals surface area contributed by atoms with Crippen LogP contribution in [-0.2, 0) is 33.4 Å². The molecule has 11 heteroatoms. The Balaban J connectivity index is 1.76. The van der Waals surface area contributed by atoms with Crippen LogP contribution in [0.3, 0.4) is 0 Å². The number of nitro groups is 1. The fraction of sp³-hybridized carbons (Fsp3) is 0.400. The third kappa shape index (κ3) is 3.00. The predicted molar refractivity (Wildman–Crippen MR) is 101 cm³/mol. The van der Waals surface area contributed by atoms with Crippen LogP contribution < -0.4 is 4.90 Å². The standard InChI is InChI=1S/C20H18N2O9/c1-9-4-5-12(8-13(9)22(27)28)21-17(25)15-14-6-7-20(31-14,16(15)18(21)26)19(29-10(2)23)30-11(3)24/h4-8,14-16,19H,1-3H3/t14-,15-,16+,20+/m1/s1. The van der Waals surface area contributed by atoms with E-state index in [0.717, 1.165) is 24.8 Å². The first-order chi connectivity index (χ1) is 14.6. The van der Waals surface area contributed by atoms with E-state index in [2.05, 4.69) is 0 Å². The van der Waals surface area contributed by atoms with Gasteiger partial charge in [-0.05, 0) is 19.1 Å². The number of nitrogens with zero attached hydrogens (tertiary/aromatic N) is 2. The highest BCUT2D eigenvalue weighted by atomic mass is 16.7. The van der Waals surface area contributed by atoms with Gasteiger partial charge in [-0.2, -0.15) is 0 Å². The number of imide groups is 1. The largest absolute Gasteiger partial charge is 0.422 e. The number of fused-ring (bicyclic) bond motifs is 5. The Morgan fingerprint density at radius 3 is 2.42 bits per heavy atom. The van der Waals surface area contributed by atoms with Gasteiger partial charge in [0, 0.05) is 25.5 Å². The molecule has 0 spiro atoms. The Hall–Kier alpha value is -3.60. The lowest BCUT2D eigenvalue weighted by atomic mass is 9.76. The first-order valence-electron chi connectivity index (χ1n) is 9.41. The van der Waals surface area contributed by atoms with Crippen LogP contribution in [-0.4, -0.2) is 46.7 Å². The van der Waals surface area contributed by atoms with Crippen molar-refractivity contribution in [3.63, 3.8) is 0 Å². The molecule has 11 nitrogen and oxygen atoms in total. The lowest BCUT2D eigenvalue weighted by Gasteiger charge is -2.34. The van der Waals surface area contributed by atoms with Gasteiger partial charge in [0.25, 0.3) is 12.0 Å². The summed E-state index contributed by atoms with van der Waals surface area (Å²) in [4.78, 5) is 61.3. The molecule has 2 fully saturated rings. The molecule has 1 aromatic rings. The van der Waals surface area contributed by atoms with Crippen LogP contribution in [0.2, 0.25) is 0 Å². The third-order valence-corrected chi connectivity index (χ3v) is 5.64. The van der Waals surface area contributed by atoms with Crippen LogP contribution in [0.15, 0.2) is 30.4 Å². The van der Waals surface area contributed by atoms with Crippen molar-refractivity contribution in [1.82, 2.24) is 0 Å². The quantitative estimate of drug-likeness (QED) is 0.168. The van der Waals surface area contributed by atoms with Gasteiger partial charge in [0.05, 0.1) is 28.6 Å². The number of hydrogen-bond acceptors (Lipinski definition) is 9. The molecule has 3 aliphatic rings. The fourth-order valence-corrected chi connectivity index (χ4v) is 4.40. The smallest absolute Gasteiger partial charge is 0.305 e. The van der Waals surface area contributed by atoms with Crippen LogP contribution in [0.4, 0.5) is 11.4 Å². The monoisotopic (exact) mass is 430 g/mol. The highest BCUT2D eigenvalue weighted by Gasteiger charge is 2.72. The summed E-state index contributed by atoms with van der Waals surface area (Å²) in [5.74, 6) is -4.93. The molecule has 0 aliphatic carbocycles. The summed E-state index contributed by atoms with van der Waals surface area (Å²) in [6.07, 6.45) is 0.623. The highest BCUT2D eigenvalue weighted by Crippen LogP contribution is 2.54. The van der Waals surface area contributed by atoms with E-state index in [1.165, 1.54) is 18.2 Å². The van der Waals surface area contributed by atoms with Gasteiger partial charge >= 0.3 is 11.9 Å². The zero-order valence-corrected chi connectivity index (χ0v) is 16.8. The molecular weight excluding hydrogens is 412 g/mol. The minimum absolute atomic E-state index is 0.0489. The Morgan fingerprint density at radius 1 is 1.19 bits per heavy atom. The molecule has 1 aromatic carbocycles. The second-order valence-corrected chi connectivity index (χ2v) is 7.59. The predicted octanol–water partition coefficient (Wildman–Crippen LogP) is 1.17. The molecule has 0 saturated carbocycles. The van der Waals surface area contributed by atoms with E-state index in [1.54, 1.807) is 13.0 Å². The molecule has 4 rings (SSSR count). The van der Waals surface area contributed by atoms with Crippen molar-refractivity contribution in [2.24, 2.45) is 11.8 Å². The molecule has 2 bridgehead atoms. The molecule has 4 atom stereocenters. The number of carbonyl (C=O) groups is 4. The molecule has 0 N–H and O–H groups in total. The van der Waals surface area contributed by atoms with E-state index < -0.39 is 58.5 Å². The SMILES string of the molecule is CC(=O)OC(OC(C)=O)[C@@]12C=C[C@@H](O1)[C@H]1C(=O)N(c3ccc(C)c([N+](=O)[O-])c3)C(=O)[C@H]12. The molecule has 2 amide bonds. The van der Waals surface area contributed by atoms with E-state index in [1.807, 2.05) is 0 Å². The molecule has 3 aliphatic heterocycles. The number of amides is 2. The highest BCUT2D eigenvalue weighted by molar-refractivity contribution is 6.23. The second-order valence-electron chi connectivity index (χ2n) is 7.59. The van der Waals surface area contributed by atoms with Crippen molar-refractivity contribution in [3.8, 4) is 0 Å². The average Bonchev–Trinajstić information content (AvgIpc) is 3.32. The zero-order valence-electron chi connectivity index (χ0n) is 16.8. The molecule has 0 unspecified atom stereocenters. The minimum Gasteiger partial charge on any atom is -0.422 e. The molecule has 31 heavy (non-hydrogen) atoms. The summed E-state index contributed by atoms with van der Waals surface area (Å²) in [5, 5.41) is 11.3. The van der Waals surface area contributed by atoms with Crippen LogP contribution in [0.25, 0.3) is 0 Å². The van der Waals surface area contributed by atoms with Gasteiger partial charge in [0.1, 0.15) is 0 Å². The van der Waals surface area contributed by atoms with Crippen LogP contribution in [0.5, 0.6) is 0 Å². The Morgan fingerprint density at radius 2 is 1.84 bits per heavy atom. The van der Waals surface area contributed by atoms with Gasteiger partial charge < -0.3 is 14.2 Å². The zero-order chi connectivity index (χ0) is 22.7. The number of benzene rings is 1. The summed E-state index contributed by atoms with van der Waals surface area (Å²) >= 11 is 0. The maximum atomic E-state index is 13.4. The molecule has 0 radical (unpaired) electrons. The van der Waals surface area contributed by atoms with E-state index in [9.17, 15) is 29.3 Å². The minimum atomic E-state index is -1.68. The van der Waals surface area contributed by atoms with Crippen molar-refractivity contribution in [1.29, 1.82) is 0 Å². The van der Waals surface area contributed by atoms with Crippen molar-refractivity contribution >= 4 is 35.1 Å². The van der Waals surface area contributed by atoms with Gasteiger partial charge in [0.2, 0.25) is 11.8 Å². The number of esters is 2. The second kappa shape index (κ2) is 6.98. The lowest BCUT2D eigenvalue weighted by molar-refractivity contribution is -0.385. The topological polar surface area (TPSA) is 142 Å².